The van der Waals surface area contributed by atoms with Crippen molar-refractivity contribution in [3.63, 3.8) is 0 Å². The van der Waals surface area contributed by atoms with Gasteiger partial charge in [-0.2, -0.15) is 13.7 Å². The molecule has 4 aliphatic heterocycles. The van der Waals surface area contributed by atoms with Crippen molar-refractivity contribution in [3.05, 3.63) is 6.57 Å². The van der Waals surface area contributed by atoms with Crippen molar-refractivity contribution in [2.24, 2.45) is 39.2 Å². The molecule has 4 amide bonds. The molecule has 0 aromatic heterocycles. The van der Waals surface area contributed by atoms with Gasteiger partial charge in [0.25, 0.3) is 10.1 Å². The minimum absolute atomic E-state index is 0. The third kappa shape index (κ3) is 23.5. The van der Waals surface area contributed by atoms with Crippen LogP contribution in [0.5, 0.6) is 0 Å². The molecule has 8 fully saturated rings. The number of alkyl halides is 1. The number of aliphatic hydroxyl groups excluding tert-OH is 1. The number of halogens is 1. The molecule has 4 saturated carbocycles. The van der Waals surface area contributed by atoms with Crippen LogP contribution in [0.1, 0.15) is 187 Å². The van der Waals surface area contributed by atoms with Crippen LogP contribution in [-0.2, 0) is 33.2 Å². The number of nitrogens with two attached hydrogens (primary N) is 1. The Morgan fingerprint density at radius 3 is 1.04 bits per heavy atom. The van der Waals surface area contributed by atoms with E-state index in [4.69, 9.17) is 47.3 Å². The number of ether oxygens (including phenoxy) is 4. The van der Waals surface area contributed by atoms with Gasteiger partial charge in [0.2, 0.25) is 0 Å². The SMILES string of the molecule is CC(C)(C)OC(=O)N1CCC2(CC1)CC(C#N)C2.CC(C)(C)OC(=O)N1CCC2(CC1)CC(CN)C2.CC(C)(C)OC(=O)N1CCC2(CC1)CC(O)C2.CC(C)(C)OC(=O)N1CCC2(CC1)CC(OS(C)(=O)=O)C2.[2H]CF.[C-]#N.[Na+]. The second kappa shape index (κ2) is 29.4. The summed E-state index contributed by atoms with van der Waals surface area (Å²) in [7, 11) is -4.37. The van der Waals surface area contributed by atoms with E-state index < -0.39 is 39.7 Å². The van der Waals surface area contributed by atoms with Crippen LogP contribution in [0.4, 0.5) is 23.6 Å². The number of piperidine rings is 4. The molecule has 8 rings (SSSR count). The minimum Gasteiger partial charge on any atom is -0.512 e. The summed E-state index contributed by atoms with van der Waals surface area (Å²) in [5, 5.41) is 24.5. The second-order valence-electron chi connectivity index (χ2n) is 27.5. The number of amides is 4. The molecule has 0 radical (unpaired) electrons. The van der Waals surface area contributed by atoms with Crippen LogP contribution in [-0.4, -0.2) is 164 Å². The summed E-state index contributed by atoms with van der Waals surface area (Å²) in [5.41, 5.74) is 5.27. The van der Waals surface area contributed by atoms with Gasteiger partial charge in [0.15, 0.2) is 0 Å². The molecule has 4 heterocycles. The summed E-state index contributed by atoms with van der Waals surface area (Å²) >= 11 is 0. The van der Waals surface area contributed by atoms with Crippen LogP contribution < -0.4 is 35.3 Å². The first kappa shape index (κ1) is 70.1. The smallest absolute Gasteiger partial charge is 0.512 e. The molecular formula is C57H99FN7NaO12S. The summed E-state index contributed by atoms with van der Waals surface area (Å²) in [6.45, 7) is 34.3. The summed E-state index contributed by atoms with van der Waals surface area (Å²) in [4.78, 5) is 54.9. The third-order valence-corrected chi connectivity index (χ3v) is 16.8. The van der Waals surface area contributed by atoms with E-state index in [0.29, 0.717) is 29.3 Å². The van der Waals surface area contributed by atoms with E-state index in [2.05, 4.69) is 6.07 Å². The first-order valence-corrected chi connectivity index (χ1v) is 29.8. The van der Waals surface area contributed by atoms with Crippen LogP contribution in [0.2, 0.25) is 0 Å². The predicted molar refractivity (Wildman–Crippen MR) is 294 cm³/mol. The van der Waals surface area contributed by atoms with Crippen LogP contribution in [0, 0.1) is 56.7 Å². The molecule has 4 spiro atoms. The van der Waals surface area contributed by atoms with Crippen molar-refractivity contribution in [2.75, 3.05) is 72.3 Å². The summed E-state index contributed by atoms with van der Waals surface area (Å²) in [6, 6.07) is 2.33. The van der Waals surface area contributed by atoms with Crippen LogP contribution >= 0.6 is 0 Å². The fraction of sp³-hybridized carbons (Fsp3) is 0.895. The van der Waals surface area contributed by atoms with Gasteiger partial charge in [-0.1, -0.05) is 0 Å². The van der Waals surface area contributed by atoms with Gasteiger partial charge >= 0.3 is 53.9 Å². The van der Waals surface area contributed by atoms with Gasteiger partial charge in [0, 0.05) is 58.3 Å². The van der Waals surface area contributed by atoms with E-state index in [0.717, 1.165) is 148 Å². The third-order valence-electron chi connectivity index (χ3n) is 16.2. The summed E-state index contributed by atoms with van der Waals surface area (Å²) < 4.78 is 64.2. The van der Waals surface area contributed by atoms with Crippen LogP contribution in [0.25, 0.3) is 0 Å². The van der Waals surface area contributed by atoms with Crippen molar-refractivity contribution < 1.29 is 91.2 Å². The van der Waals surface area contributed by atoms with Gasteiger partial charge in [0.1, 0.15) is 22.4 Å². The van der Waals surface area contributed by atoms with E-state index in [-0.39, 0.29) is 77.5 Å². The molecule has 19 nitrogen and oxygen atoms in total. The molecule has 79 heavy (non-hydrogen) atoms. The van der Waals surface area contributed by atoms with E-state index in [1.165, 1.54) is 12.8 Å². The average Bonchev–Trinajstić information content (AvgIpc) is 3.28. The molecule has 4 saturated heterocycles. The maximum absolute atomic E-state index is 12.0. The first-order valence-electron chi connectivity index (χ1n) is 28.7. The number of likely N-dealkylation sites (tertiary alicyclic amines) is 4. The molecular weight excluding hydrogens is 1050 g/mol. The van der Waals surface area contributed by atoms with Gasteiger partial charge in [0.05, 0.1) is 33.1 Å². The van der Waals surface area contributed by atoms with Crippen molar-refractivity contribution in [3.8, 4) is 6.07 Å². The maximum atomic E-state index is 12.0. The quantitative estimate of drug-likeness (QED) is 0.122. The molecule has 8 aliphatic rings. The van der Waals surface area contributed by atoms with Gasteiger partial charge < -0.3 is 61.2 Å². The first-order chi connectivity index (χ1) is 36.4. The Balaban J connectivity index is 0.000000354. The van der Waals surface area contributed by atoms with Gasteiger partial charge in [-0.25, -0.2) is 19.2 Å². The van der Waals surface area contributed by atoms with Gasteiger partial charge in [-0.3, -0.25) is 8.57 Å². The van der Waals surface area contributed by atoms with E-state index in [9.17, 15) is 37.1 Å². The molecule has 0 atom stereocenters. The zero-order valence-electron chi connectivity index (χ0n) is 51.7. The van der Waals surface area contributed by atoms with E-state index in [1.54, 1.807) is 14.7 Å². The largest absolute Gasteiger partial charge is 1.00 e. The molecule has 448 valence electrons. The molecule has 3 N–H and O–H groups in total. The van der Waals surface area contributed by atoms with Crippen molar-refractivity contribution in [1.82, 2.24) is 19.6 Å². The number of aliphatic hydroxyl groups is 1. The summed E-state index contributed by atoms with van der Waals surface area (Å²) in [6.07, 6.45) is 15.9. The number of carbonyl (C=O) groups is 4. The van der Waals surface area contributed by atoms with Crippen LogP contribution in [0.15, 0.2) is 0 Å². The Morgan fingerprint density at radius 1 is 0.582 bits per heavy atom. The number of rotatable bonds is 3. The van der Waals surface area contributed by atoms with Gasteiger partial charge in [-0.15, -0.1) is 0 Å². The predicted octanol–water partition coefficient (Wildman–Crippen LogP) is 7.30. The van der Waals surface area contributed by atoms with E-state index >= 15 is 0 Å². The number of hydrogen-bond acceptors (Lipinski definition) is 15. The number of hydrogen-bond donors (Lipinski definition) is 2. The van der Waals surface area contributed by atoms with Crippen LogP contribution in [0.3, 0.4) is 0 Å². The topological polar surface area (TPSA) is 255 Å². The number of nitriles is 1. The van der Waals surface area contributed by atoms with Crippen molar-refractivity contribution >= 4 is 34.5 Å². The Bertz CT molecular complexity index is 2130. The van der Waals surface area contributed by atoms with Gasteiger partial charge in [-0.05, 0) is 220 Å². The zero-order valence-corrected chi connectivity index (χ0v) is 53.5. The Labute approximate surface area is 497 Å². The fourth-order valence-corrected chi connectivity index (χ4v) is 12.8. The minimum atomic E-state index is -3.37. The standard InChI is InChI=1S/C14H26N2O2.C14H22N2O2.C14H25NO5S.C13H23NO3.CH3F.CN.Na/c2*1-13(2,3)18-12(17)16-6-4-14(5-7-16)8-11(9-14)10-15;1-13(2,3)19-12(16)15-7-5-14(6-8-15)9-11(10-14)20-21(4,17)18;1-12(2,3)17-11(16)14-6-4-13(5-7-14)8-10(15)9-13;2*1-2;/h11H,4-10,15H2,1-3H3;11H,4-9H2,1-3H3;11H,5-10H2,1-4H3;10,15H,4-9H2,1-3H3;1H3;;/q;;;;;-1;+1/i;;;;1D;;. The average molecular weight is 1150 g/mol. The Morgan fingerprint density at radius 2 is 0.823 bits per heavy atom. The molecule has 0 unspecified atom stereocenters. The van der Waals surface area contributed by atoms with E-state index in [1.807, 2.05) is 88.0 Å². The monoisotopic (exact) mass is 1150 g/mol. The molecule has 0 aromatic rings. The second-order valence-corrected chi connectivity index (χ2v) is 29.1. The number of carbonyl (C=O) groups excluding carboxylic acids is 4. The molecule has 0 aromatic carbocycles. The zero-order chi connectivity index (χ0) is 60.1. The summed E-state index contributed by atoms with van der Waals surface area (Å²) in [5.74, 6) is 0.969. The van der Waals surface area contributed by atoms with Crippen molar-refractivity contribution in [1.29, 1.82) is 10.5 Å². The maximum Gasteiger partial charge on any atom is 1.00 e. The molecule has 22 heteroatoms. The van der Waals surface area contributed by atoms with Crippen molar-refractivity contribution in [2.45, 2.75) is 220 Å². The fourth-order valence-electron chi connectivity index (χ4n) is 12.2. The normalized spacial score (nSPS) is 22.4. The molecule has 4 aliphatic carbocycles. The molecule has 0 bridgehead atoms. The Hall–Kier alpha value is -3.18. The Kier molecular flexibility index (Phi) is 26.1. The number of nitrogens with zero attached hydrogens (tertiary/aromatic N) is 6.